The summed E-state index contributed by atoms with van der Waals surface area (Å²) < 4.78 is 1.94. The minimum absolute atomic E-state index is 0.00513. The van der Waals surface area contributed by atoms with E-state index in [1.807, 2.05) is 48.9 Å². The number of carbonyl (C=O) groups is 1. The van der Waals surface area contributed by atoms with Crippen LogP contribution in [-0.2, 0) is 4.79 Å². The van der Waals surface area contributed by atoms with Gasteiger partial charge in [-0.2, -0.15) is 0 Å². The Labute approximate surface area is 168 Å². The molecule has 0 fully saturated rings. The maximum Gasteiger partial charge on any atom is 0.241 e. The standard InChI is InChI=1S/C20H20Cl2N4O/c1-13(15-3-5-19(6-4-15)26-8-7-23-12-26)24-14(2)20(27)25-18-10-16(21)9-17(22)11-18/h3-14,24H,1-2H3,(H,25,27). The minimum atomic E-state index is -0.397. The van der Waals surface area contributed by atoms with Gasteiger partial charge in [0.25, 0.3) is 0 Å². The van der Waals surface area contributed by atoms with Gasteiger partial charge in [0.1, 0.15) is 0 Å². The number of hydrogen-bond donors (Lipinski definition) is 2. The number of aromatic nitrogens is 2. The van der Waals surface area contributed by atoms with E-state index < -0.39 is 6.04 Å². The number of hydrogen-bond acceptors (Lipinski definition) is 3. The van der Waals surface area contributed by atoms with E-state index in [4.69, 9.17) is 23.2 Å². The molecular weight excluding hydrogens is 383 g/mol. The highest BCUT2D eigenvalue weighted by Crippen LogP contribution is 2.23. The normalized spacial score (nSPS) is 13.2. The Hall–Kier alpha value is -2.34. The average molecular weight is 403 g/mol. The van der Waals surface area contributed by atoms with Crippen molar-refractivity contribution in [1.82, 2.24) is 14.9 Å². The van der Waals surface area contributed by atoms with E-state index in [1.165, 1.54) is 0 Å². The summed E-state index contributed by atoms with van der Waals surface area (Å²) in [6.45, 7) is 3.84. The summed E-state index contributed by atoms with van der Waals surface area (Å²) in [5.41, 5.74) is 2.69. The number of imidazole rings is 1. The molecule has 2 unspecified atom stereocenters. The van der Waals surface area contributed by atoms with Crippen molar-refractivity contribution in [2.24, 2.45) is 0 Å². The number of nitrogens with one attached hydrogen (secondary N) is 2. The predicted molar refractivity (Wildman–Crippen MR) is 110 cm³/mol. The van der Waals surface area contributed by atoms with Gasteiger partial charge in [-0.3, -0.25) is 10.1 Å². The summed E-state index contributed by atoms with van der Waals surface area (Å²) in [6.07, 6.45) is 5.39. The molecule has 0 spiro atoms. The van der Waals surface area contributed by atoms with Crippen molar-refractivity contribution >= 4 is 34.8 Å². The number of rotatable bonds is 6. The van der Waals surface area contributed by atoms with Gasteiger partial charge in [0, 0.05) is 39.9 Å². The largest absolute Gasteiger partial charge is 0.325 e. The maximum absolute atomic E-state index is 12.4. The summed E-state index contributed by atoms with van der Waals surface area (Å²) in [4.78, 5) is 16.5. The van der Waals surface area contributed by atoms with Crippen LogP contribution in [-0.4, -0.2) is 21.5 Å². The second-order valence-corrected chi connectivity index (χ2v) is 7.19. The predicted octanol–water partition coefficient (Wildman–Crippen LogP) is 4.86. The first-order valence-electron chi connectivity index (χ1n) is 8.53. The average Bonchev–Trinajstić information content (AvgIpc) is 3.15. The molecule has 2 atom stereocenters. The highest BCUT2D eigenvalue weighted by atomic mass is 35.5. The molecule has 1 aromatic heterocycles. The lowest BCUT2D eigenvalue weighted by atomic mass is 10.1. The fourth-order valence-electron chi connectivity index (χ4n) is 2.77. The molecule has 2 N–H and O–H groups in total. The molecule has 0 aliphatic rings. The summed E-state index contributed by atoms with van der Waals surface area (Å²) in [5, 5.41) is 7.08. The molecule has 7 heteroatoms. The van der Waals surface area contributed by atoms with Crippen LogP contribution in [0, 0.1) is 0 Å². The third-order valence-electron chi connectivity index (χ3n) is 4.22. The van der Waals surface area contributed by atoms with Crippen LogP contribution < -0.4 is 10.6 Å². The van der Waals surface area contributed by atoms with Crippen molar-refractivity contribution in [2.45, 2.75) is 25.9 Å². The first kappa shape index (κ1) is 19.4. The van der Waals surface area contributed by atoms with Gasteiger partial charge >= 0.3 is 0 Å². The molecule has 1 amide bonds. The zero-order valence-corrected chi connectivity index (χ0v) is 16.5. The Kier molecular flexibility index (Phi) is 6.16. The van der Waals surface area contributed by atoms with Crippen molar-refractivity contribution in [3.05, 3.63) is 76.8 Å². The van der Waals surface area contributed by atoms with Gasteiger partial charge < -0.3 is 9.88 Å². The Balaban J connectivity index is 1.61. The summed E-state index contributed by atoms with van der Waals surface area (Å²) in [6, 6.07) is 12.7. The zero-order valence-electron chi connectivity index (χ0n) is 15.0. The lowest BCUT2D eigenvalue weighted by Crippen LogP contribution is -2.39. The number of anilines is 1. The fourth-order valence-corrected chi connectivity index (χ4v) is 3.30. The molecule has 2 aromatic carbocycles. The zero-order chi connectivity index (χ0) is 19.4. The van der Waals surface area contributed by atoms with Crippen molar-refractivity contribution in [2.75, 3.05) is 5.32 Å². The lowest BCUT2D eigenvalue weighted by Gasteiger charge is -2.20. The van der Waals surface area contributed by atoms with Crippen LogP contribution >= 0.6 is 23.2 Å². The summed E-state index contributed by atoms with van der Waals surface area (Å²) >= 11 is 11.9. The van der Waals surface area contributed by atoms with E-state index >= 15 is 0 Å². The molecule has 0 radical (unpaired) electrons. The molecule has 0 saturated carbocycles. The number of benzene rings is 2. The van der Waals surface area contributed by atoms with Gasteiger partial charge in [-0.25, -0.2) is 4.98 Å². The van der Waals surface area contributed by atoms with E-state index in [2.05, 4.69) is 15.6 Å². The first-order chi connectivity index (χ1) is 12.9. The van der Waals surface area contributed by atoms with E-state index in [9.17, 15) is 4.79 Å². The van der Waals surface area contributed by atoms with E-state index in [1.54, 1.807) is 30.7 Å². The first-order valence-corrected chi connectivity index (χ1v) is 9.29. The van der Waals surface area contributed by atoms with Crippen LogP contribution in [0.1, 0.15) is 25.5 Å². The van der Waals surface area contributed by atoms with Crippen LogP contribution in [0.2, 0.25) is 10.0 Å². The van der Waals surface area contributed by atoms with E-state index in [0.29, 0.717) is 15.7 Å². The number of halogens is 2. The Morgan fingerprint density at radius 2 is 1.74 bits per heavy atom. The van der Waals surface area contributed by atoms with Crippen molar-refractivity contribution in [3.63, 3.8) is 0 Å². The highest BCUT2D eigenvalue weighted by Gasteiger charge is 2.17. The van der Waals surface area contributed by atoms with Crippen LogP contribution in [0.5, 0.6) is 0 Å². The van der Waals surface area contributed by atoms with Crippen molar-refractivity contribution < 1.29 is 4.79 Å². The Morgan fingerprint density at radius 1 is 1.07 bits per heavy atom. The molecule has 140 valence electrons. The van der Waals surface area contributed by atoms with Crippen molar-refractivity contribution in [3.8, 4) is 5.69 Å². The van der Waals surface area contributed by atoms with Gasteiger partial charge in [0.15, 0.2) is 0 Å². The fraction of sp³-hybridized carbons (Fsp3) is 0.200. The Bertz CT molecular complexity index is 890. The van der Waals surface area contributed by atoms with Gasteiger partial charge in [-0.15, -0.1) is 0 Å². The highest BCUT2D eigenvalue weighted by molar-refractivity contribution is 6.35. The van der Waals surface area contributed by atoms with Gasteiger partial charge in [-0.1, -0.05) is 35.3 Å². The Morgan fingerprint density at radius 3 is 2.33 bits per heavy atom. The minimum Gasteiger partial charge on any atom is -0.325 e. The SMILES string of the molecule is CC(NC(C)c1ccc(-n2ccnc2)cc1)C(=O)Nc1cc(Cl)cc(Cl)c1. The molecular formula is C20H20Cl2N4O. The van der Waals surface area contributed by atoms with Gasteiger partial charge in [0.05, 0.1) is 12.4 Å². The maximum atomic E-state index is 12.4. The van der Waals surface area contributed by atoms with Crippen LogP contribution in [0.25, 0.3) is 5.69 Å². The van der Waals surface area contributed by atoms with E-state index in [-0.39, 0.29) is 11.9 Å². The monoisotopic (exact) mass is 402 g/mol. The molecule has 27 heavy (non-hydrogen) atoms. The molecule has 0 aliphatic heterocycles. The van der Waals surface area contributed by atoms with Crippen LogP contribution in [0.4, 0.5) is 5.69 Å². The van der Waals surface area contributed by atoms with Crippen LogP contribution in [0.15, 0.2) is 61.2 Å². The molecule has 3 rings (SSSR count). The third-order valence-corrected chi connectivity index (χ3v) is 4.66. The number of nitrogens with zero attached hydrogens (tertiary/aromatic N) is 2. The lowest BCUT2D eigenvalue weighted by molar-refractivity contribution is -0.117. The second kappa shape index (κ2) is 8.57. The van der Waals surface area contributed by atoms with E-state index in [0.717, 1.165) is 11.3 Å². The second-order valence-electron chi connectivity index (χ2n) is 6.32. The molecule has 5 nitrogen and oxygen atoms in total. The topological polar surface area (TPSA) is 59.0 Å². The molecule has 0 saturated heterocycles. The smallest absolute Gasteiger partial charge is 0.241 e. The van der Waals surface area contributed by atoms with Gasteiger partial charge in [-0.05, 0) is 49.7 Å². The summed E-state index contributed by atoms with van der Waals surface area (Å²) in [5.74, 6) is -0.157. The number of amides is 1. The molecule has 1 heterocycles. The number of carbonyl (C=O) groups excluding carboxylic acids is 1. The quantitative estimate of drug-likeness (QED) is 0.618. The molecule has 0 bridgehead atoms. The van der Waals surface area contributed by atoms with Gasteiger partial charge in [0.2, 0.25) is 5.91 Å². The summed E-state index contributed by atoms with van der Waals surface area (Å²) in [7, 11) is 0. The molecule has 3 aromatic rings. The molecule has 0 aliphatic carbocycles. The third kappa shape index (κ3) is 5.10. The van der Waals surface area contributed by atoms with Crippen molar-refractivity contribution in [1.29, 1.82) is 0 Å². The van der Waals surface area contributed by atoms with Crippen LogP contribution in [0.3, 0.4) is 0 Å².